The number of ether oxygens (including phenoxy) is 1. The Kier molecular flexibility index (Phi) is 5.30. The molecule has 2 rings (SSSR count). The summed E-state index contributed by atoms with van der Waals surface area (Å²) in [7, 11) is 0. The Morgan fingerprint density at radius 1 is 1.06 bits per heavy atom. The van der Waals surface area contributed by atoms with Gasteiger partial charge in [-0.3, -0.25) is 0 Å². The van der Waals surface area contributed by atoms with Crippen molar-refractivity contribution < 1.29 is 4.74 Å². The Hall–Kier alpha value is -0.0800. The molecule has 0 bridgehead atoms. The molecule has 0 spiro atoms. The largest absolute Gasteiger partial charge is 0.375 e. The molecule has 0 aromatic carbocycles. The van der Waals surface area contributed by atoms with Crippen molar-refractivity contribution in [2.45, 2.75) is 76.9 Å². The summed E-state index contributed by atoms with van der Waals surface area (Å²) >= 11 is 0. The third-order valence-electron chi connectivity index (χ3n) is 4.82. The van der Waals surface area contributed by atoms with Crippen LogP contribution in [0.1, 0.15) is 64.7 Å². The van der Waals surface area contributed by atoms with E-state index in [-0.39, 0.29) is 0 Å². The van der Waals surface area contributed by atoms with Crippen molar-refractivity contribution in [3.05, 3.63) is 0 Å². The van der Waals surface area contributed by atoms with Gasteiger partial charge in [-0.25, -0.2) is 0 Å². The van der Waals surface area contributed by atoms with Crippen LogP contribution in [0.15, 0.2) is 0 Å². The van der Waals surface area contributed by atoms with Gasteiger partial charge in [-0.1, -0.05) is 39.0 Å². The number of hydrogen-bond donors (Lipinski definition) is 1. The van der Waals surface area contributed by atoms with Gasteiger partial charge in [-0.05, 0) is 44.1 Å². The van der Waals surface area contributed by atoms with E-state index in [1.54, 1.807) is 0 Å². The second kappa shape index (κ2) is 6.75. The molecule has 17 heavy (non-hydrogen) atoms. The van der Waals surface area contributed by atoms with Crippen LogP contribution in [0, 0.1) is 11.8 Å². The summed E-state index contributed by atoms with van der Waals surface area (Å²) in [4.78, 5) is 0. The first-order valence-electron chi connectivity index (χ1n) is 7.69. The van der Waals surface area contributed by atoms with Gasteiger partial charge in [0.2, 0.25) is 0 Å². The first-order chi connectivity index (χ1) is 8.33. The average Bonchev–Trinajstić information content (AvgIpc) is 2.39. The Balaban J connectivity index is 1.81. The predicted octanol–water partition coefficient (Wildman–Crippen LogP) is 3.49. The van der Waals surface area contributed by atoms with E-state index in [9.17, 15) is 0 Å². The van der Waals surface area contributed by atoms with Crippen molar-refractivity contribution in [3.63, 3.8) is 0 Å². The van der Waals surface area contributed by atoms with Crippen molar-refractivity contribution in [1.82, 2.24) is 0 Å². The van der Waals surface area contributed by atoms with Crippen molar-refractivity contribution in [3.8, 4) is 0 Å². The van der Waals surface area contributed by atoms with Gasteiger partial charge < -0.3 is 10.5 Å². The van der Waals surface area contributed by atoms with Gasteiger partial charge in [-0.15, -0.1) is 0 Å². The average molecular weight is 239 g/mol. The van der Waals surface area contributed by atoms with Crippen molar-refractivity contribution >= 4 is 0 Å². The number of hydrogen-bond acceptors (Lipinski definition) is 2. The maximum absolute atomic E-state index is 6.39. The topological polar surface area (TPSA) is 35.2 Å². The van der Waals surface area contributed by atoms with Gasteiger partial charge in [0, 0.05) is 0 Å². The monoisotopic (exact) mass is 239 g/mol. The Labute approximate surface area is 106 Å². The molecule has 2 aliphatic rings. The van der Waals surface area contributed by atoms with E-state index in [2.05, 4.69) is 6.92 Å². The van der Waals surface area contributed by atoms with Crippen LogP contribution >= 0.6 is 0 Å². The highest BCUT2D eigenvalue weighted by Crippen LogP contribution is 2.33. The summed E-state index contributed by atoms with van der Waals surface area (Å²) in [5.41, 5.74) is 5.87. The minimum atomic E-state index is 0.467. The van der Waals surface area contributed by atoms with Crippen LogP contribution in [0.5, 0.6) is 0 Å². The highest BCUT2D eigenvalue weighted by Gasteiger charge is 2.29. The van der Waals surface area contributed by atoms with Crippen LogP contribution in [-0.4, -0.2) is 18.8 Å². The summed E-state index contributed by atoms with van der Waals surface area (Å²) in [6.07, 6.45) is 12.9. The maximum Gasteiger partial charge on any atom is 0.0619 e. The molecule has 0 aliphatic heterocycles. The summed E-state index contributed by atoms with van der Waals surface area (Å²) < 4.78 is 6.39. The second-order valence-corrected chi connectivity index (χ2v) is 6.02. The molecular formula is C15H29NO. The zero-order chi connectivity index (χ0) is 12.1. The fourth-order valence-electron chi connectivity index (χ4n) is 3.61. The maximum atomic E-state index is 6.39. The lowest BCUT2D eigenvalue weighted by atomic mass is 9.83. The first kappa shape index (κ1) is 13.4. The third-order valence-corrected chi connectivity index (χ3v) is 4.82. The van der Waals surface area contributed by atoms with E-state index in [1.165, 1.54) is 57.8 Å². The Morgan fingerprint density at radius 2 is 1.88 bits per heavy atom. The summed E-state index contributed by atoms with van der Waals surface area (Å²) in [6, 6.07) is 0. The molecule has 2 N–H and O–H groups in total. The van der Waals surface area contributed by atoms with Gasteiger partial charge in [0.25, 0.3) is 0 Å². The van der Waals surface area contributed by atoms with E-state index >= 15 is 0 Å². The molecular weight excluding hydrogens is 210 g/mol. The molecule has 0 heterocycles. The van der Waals surface area contributed by atoms with E-state index in [4.69, 9.17) is 10.5 Å². The predicted molar refractivity (Wildman–Crippen MR) is 71.9 cm³/mol. The van der Waals surface area contributed by atoms with Crippen molar-refractivity contribution in [2.75, 3.05) is 6.54 Å². The van der Waals surface area contributed by atoms with Gasteiger partial charge in [0.1, 0.15) is 0 Å². The lowest BCUT2D eigenvalue weighted by molar-refractivity contribution is -0.0779. The molecule has 0 amide bonds. The fourth-order valence-corrected chi connectivity index (χ4v) is 3.61. The lowest BCUT2D eigenvalue weighted by Gasteiger charge is -2.36. The Bertz CT molecular complexity index is 219. The first-order valence-corrected chi connectivity index (χ1v) is 7.69. The molecule has 0 aromatic rings. The highest BCUT2D eigenvalue weighted by molar-refractivity contribution is 4.80. The van der Waals surface area contributed by atoms with E-state index in [0.717, 1.165) is 12.5 Å². The van der Waals surface area contributed by atoms with Crippen molar-refractivity contribution in [1.29, 1.82) is 0 Å². The normalized spacial score (nSPS) is 39.2. The van der Waals surface area contributed by atoms with Crippen LogP contribution in [-0.2, 0) is 4.74 Å². The molecule has 4 atom stereocenters. The molecule has 2 nitrogen and oxygen atoms in total. The van der Waals surface area contributed by atoms with Gasteiger partial charge in [0.05, 0.1) is 12.2 Å². The highest BCUT2D eigenvalue weighted by atomic mass is 16.5. The van der Waals surface area contributed by atoms with Crippen LogP contribution in [0.3, 0.4) is 0 Å². The van der Waals surface area contributed by atoms with E-state index < -0.39 is 0 Å². The molecule has 0 saturated heterocycles. The van der Waals surface area contributed by atoms with Crippen LogP contribution in [0.25, 0.3) is 0 Å². The molecule has 2 saturated carbocycles. The second-order valence-electron chi connectivity index (χ2n) is 6.02. The molecule has 100 valence electrons. The quantitative estimate of drug-likeness (QED) is 0.815. The SMILES string of the molecule is CCC1CCCC(OC2CCCCC2CN)C1. The molecule has 0 aromatic heterocycles. The molecule has 2 heteroatoms. The summed E-state index contributed by atoms with van der Waals surface area (Å²) in [5.74, 6) is 1.54. The van der Waals surface area contributed by atoms with Crippen LogP contribution in [0.2, 0.25) is 0 Å². The standard InChI is InChI=1S/C15H29NO/c1-2-12-6-5-8-14(10-12)17-15-9-4-3-7-13(15)11-16/h12-15H,2-11,16H2,1H3. The van der Waals surface area contributed by atoms with E-state index in [0.29, 0.717) is 18.1 Å². The minimum absolute atomic E-state index is 0.467. The summed E-state index contributed by atoms with van der Waals surface area (Å²) in [5, 5.41) is 0. The van der Waals surface area contributed by atoms with Gasteiger partial charge >= 0.3 is 0 Å². The lowest BCUT2D eigenvalue weighted by Crippen LogP contribution is -2.37. The van der Waals surface area contributed by atoms with Crippen molar-refractivity contribution in [2.24, 2.45) is 17.6 Å². The molecule has 0 radical (unpaired) electrons. The third kappa shape index (κ3) is 3.69. The zero-order valence-electron chi connectivity index (χ0n) is 11.4. The molecule has 2 aliphatic carbocycles. The van der Waals surface area contributed by atoms with Gasteiger partial charge in [0.15, 0.2) is 0 Å². The smallest absolute Gasteiger partial charge is 0.0619 e. The fraction of sp³-hybridized carbons (Fsp3) is 1.00. The summed E-state index contributed by atoms with van der Waals surface area (Å²) in [6.45, 7) is 3.13. The number of rotatable bonds is 4. The molecule has 4 unspecified atom stereocenters. The minimum Gasteiger partial charge on any atom is -0.375 e. The van der Waals surface area contributed by atoms with Crippen LogP contribution in [0.4, 0.5) is 0 Å². The van der Waals surface area contributed by atoms with Crippen LogP contribution < -0.4 is 5.73 Å². The van der Waals surface area contributed by atoms with Gasteiger partial charge in [-0.2, -0.15) is 0 Å². The molecule has 2 fully saturated rings. The van der Waals surface area contributed by atoms with E-state index in [1.807, 2.05) is 0 Å². The Morgan fingerprint density at radius 3 is 2.65 bits per heavy atom. The number of nitrogens with two attached hydrogens (primary N) is 1. The zero-order valence-corrected chi connectivity index (χ0v) is 11.4.